The van der Waals surface area contributed by atoms with Gasteiger partial charge in [0.2, 0.25) is 0 Å². The second kappa shape index (κ2) is 6.64. The van der Waals surface area contributed by atoms with Crippen LogP contribution < -0.4 is 10.5 Å². The summed E-state index contributed by atoms with van der Waals surface area (Å²) in [5.74, 6) is 5.59. The Morgan fingerprint density at radius 2 is 1.76 bits per heavy atom. The van der Waals surface area contributed by atoms with Gasteiger partial charge in [-0.3, -0.25) is 4.72 Å². The van der Waals surface area contributed by atoms with Crippen molar-refractivity contribution in [2.24, 2.45) is 5.73 Å². The molecule has 0 atom stereocenters. The molecule has 3 N–H and O–H groups in total. The number of anilines is 1. The zero-order chi connectivity index (χ0) is 15.3. The second-order valence-electron chi connectivity index (χ2n) is 4.12. The lowest BCUT2D eigenvalue weighted by Gasteiger charge is -2.09. The third-order valence-corrected chi connectivity index (χ3v) is 4.48. The first-order valence-electron chi connectivity index (χ1n) is 6.09. The lowest BCUT2D eigenvalue weighted by molar-refractivity contribution is 0.601. The van der Waals surface area contributed by atoms with Crippen molar-refractivity contribution in [1.82, 2.24) is 0 Å². The van der Waals surface area contributed by atoms with Gasteiger partial charge >= 0.3 is 0 Å². The van der Waals surface area contributed by atoms with Crippen LogP contribution in [0.4, 0.5) is 5.69 Å². The zero-order valence-corrected chi connectivity index (χ0v) is 12.6. The maximum atomic E-state index is 12.2. The van der Waals surface area contributed by atoms with Crippen molar-refractivity contribution < 1.29 is 8.42 Å². The highest BCUT2D eigenvalue weighted by Crippen LogP contribution is 2.23. The first-order valence-corrected chi connectivity index (χ1v) is 7.95. The Hall–Kier alpha value is -2.00. The summed E-state index contributed by atoms with van der Waals surface area (Å²) >= 11 is 5.91. The van der Waals surface area contributed by atoms with Gasteiger partial charge in [-0.05, 0) is 36.4 Å². The maximum absolute atomic E-state index is 12.2. The van der Waals surface area contributed by atoms with E-state index in [1.807, 2.05) is 0 Å². The minimum atomic E-state index is -3.71. The van der Waals surface area contributed by atoms with Crippen molar-refractivity contribution in [3.05, 3.63) is 59.1 Å². The van der Waals surface area contributed by atoms with Gasteiger partial charge in [0.1, 0.15) is 4.90 Å². The molecule has 0 saturated heterocycles. The van der Waals surface area contributed by atoms with Crippen molar-refractivity contribution >= 4 is 27.3 Å². The third-order valence-electron chi connectivity index (χ3n) is 2.60. The predicted octanol–water partition coefficient (Wildman–Crippen LogP) is 2.45. The fourth-order valence-electron chi connectivity index (χ4n) is 1.65. The molecule has 0 aliphatic rings. The molecule has 0 saturated carbocycles. The quantitative estimate of drug-likeness (QED) is 0.853. The molecule has 0 heterocycles. The molecule has 0 amide bonds. The van der Waals surface area contributed by atoms with Gasteiger partial charge in [-0.25, -0.2) is 8.42 Å². The monoisotopic (exact) mass is 320 g/mol. The number of halogens is 1. The van der Waals surface area contributed by atoms with E-state index in [4.69, 9.17) is 17.3 Å². The SMILES string of the molecule is NCC#Cc1ccc(NS(=O)(=O)c2ccccc2Cl)cc1. The molecule has 0 fully saturated rings. The summed E-state index contributed by atoms with van der Waals surface area (Å²) < 4.78 is 27.0. The molecule has 0 spiro atoms. The molecule has 108 valence electrons. The number of benzene rings is 2. The van der Waals surface area contributed by atoms with Crippen LogP contribution >= 0.6 is 11.6 Å². The number of sulfonamides is 1. The molecule has 0 unspecified atom stereocenters. The van der Waals surface area contributed by atoms with Gasteiger partial charge in [-0.1, -0.05) is 35.6 Å². The first-order chi connectivity index (χ1) is 10.0. The van der Waals surface area contributed by atoms with E-state index < -0.39 is 10.0 Å². The molecule has 6 heteroatoms. The minimum absolute atomic E-state index is 0.0404. The lowest BCUT2D eigenvalue weighted by atomic mass is 10.2. The smallest absolute Gasteiger partial charge is 0.263 e. The van der Waals surface area contributed by atoms with Crippen LogP contribution in [0.15, 0.2) is 53.4 Å². The number of nitrogens with one attached hydrogen (secondary N) is 1. The Morgan fingerprint density at radius 1 is 1.10 bits per heavy atom. The maximum Gasteiger partial charge on any atom is 0.263 e. The highest BCUT2D eigenvalue weighted by Gasteiger charge is 2.17. The van der Waals surface area contributed by atoms with E-state index in [0.717, 1.165) is 5.56 Å². The molecule has 0 radical (unpaired) electrons. The molecule has 4 nitrogen and oxygen atoms in total. The average Bonchev–Trinajstić information content (AvgIpc) is 2.46. The zero-order valence-electron chi connectivity index (χ0n) is 11.0. The van der Waals surface area contributed by atoms with E-state index in [1.165, 1.54) is 12.1 Å². The summed E-state index contributed by atoms with van der Waals surface area (Å²) in [5.41, 5.74) is 6.49. The van der Waals surface area contributed by atoms with Gasteiger partial charge in [0, 0.05) is 11.3 Å². The molecule has 2 aromatic carbocycles. The van der Waals surface area contributed by atoms with Gasteiger partial charge in [0.25, 0.3) is 10.0 Å². The number of rotatable bonds is 3. The summed E-state index contributed by atoms with van der Waals surface area (Å²) in [6.45, 7) is 0.279. The molecule has 21 heavy (non-hydrogen) atoms. The van der Waals surface area contributed by atoms with Crippen molar-refractivity contribution in [2.75, 3.05) is 11.3 Å². The van der Waals surface area contributed by atoms with E-state index in [9.17, 15) is 8.42 Å². The normalized spacial score (nSPS) is 10.6. The van der Waals surface area contributed by atoms with Crippen LogP contribution in [0.1, 0.15) is 5.56 Å². The first kappa shape index (κ1) is 15.4. The van der Waals surface area contributed by atoms with E-state index in [1.54, 1.807) is 36.4 Å². The highest BCUT2D eigenvalue weighted by atomic mass is 35.5. The van der Waals surface area contributed by atoms with Crippen LogP contribution in [-0.4, -0.2) is 15.0 Å². The Labute approximate surface area is 129 Å². The van der Waals surface area contributed by atoms with Crippen molar-refractivity contribution in [2.45, 2.75) is 4.90 Å². The van der Waals surface area contributed by atoms with Gasteiger partial charge in [-0.2, -0.15) is 0 Å². The fraction of sp³-hybridized carbons (Fsp3) is 0.0667. The Morgan fingerprint density at radius 3 is 2.38 bits per heavy atom. The largest absolute Gasteiger partial charge is 0.320 e. The molecule has 0 aliphatic carbocycles. The van der Waals surface area contributed by atoms with Crippen LogP contribution in [0, 0.1) is 11.8 Å². The average molecular weight is 321 g/mol. The topological polar surface area (TPSA) is 72.2 Å². The molecule has 0 aromatic heterocycles. The molecule has 0 aliphatic heterocycles. The number of nitrogens with two attached hydrogens (primary N) is 1. The molecule has 0 bridgehead atoms. The summed E-state index contributed by atoms with van der Waals surface area (Å²) in [5, 5.41) is 0.176. The van der Waals surface area contributed by atoms with Gasteiger partial charge in [0.15, 0.2) is 0 Å². The van der Waals surface area contributed by atoms with E-state index in [2.05, 4.69) is 16.6 Å². The summed E-state index contributed by atoms with van der Waals surface area (Å²) in [4.78, 5) is 0.0404. The Bertz CT molecular complexity index is 790. The lowest BCUT2D eigenvalue weighted by Crippen LogP contribution is -2.13. The van der Waals surface area contributed by atoms with Crippen LogP contribution in [0.3, 0.4) is 0 Å². The Balaban J connectivity index is 2.23. The fourth-order valence-corrected chi connectivity index (χ4v) is 3.23. The third kappa shape index (κ3) is 3.99. The van der Waals surface area contributed by atoms with Crippen LogP contribution in [0.25, 0.3) is 0 Å². The van der Waals surface area contributed by atoms with Crippen molar-refractivity contribution in [1.29, 1.82) is 0 Å². The van der Waals surface area contributed by atoms with Crippen LogP contribution in [0.2, 0.25) is 5.02 Å². The Kier molecular flexibility index (Phi) is 4.86. The predicted molar refractivity (Wildman–Crippen MR) is 84.6 cm³/mol. The van der Waals surface area contributed by atoms with Crippen molar-refractivity contribution in [3.8, 4) is 11.8 Å². The molecular weight excluding hydrogens is 308 g/mol. The van der Waals surface area contributed by atoms with Gasteiger partial charge < -0.3 is 5.73 Å². The van der Waals surface area contributed by atoms with Gasteiger partial charge in [-0.15, -0.1) is 0 Å². The summed E-state index contributed by atoms with van der Waals surface area (Å²) in [7, 11) is -3.71. The van der Waals surface area contributed by atoms with E-state index >= 15 is 0 Å². The molecule has 2 rings (SSSR count). The van der Waals surface area contributed by atoms with Crippen LogP contribution in [0.5, 0.6) is 0 Å². The standard InChI is InChI=1S/C15H13ClN2O2S/c16-14-5-1-2-6-15(14)21(19,20)18-13-9-7-12(8-10-13)4-3-11-17/h1-2,5-10,18H,11,17H2. The summed E-state index contributed by atoms with van der Waals surface area (Å²) in [6.07, 6.45) is 0. The second-order valence-corrected chi connectivity index (χ2v) is 6.18. The summed E-state index contributed by atoms with van der Waals surface area (Å²) in [6, 6.07) is 13.0. The van der Waals surface area contributed by atoms with Gasteiger partial charge in [0.05, 0.1) is 11.6 Å². The molecular formula is C15H13ClN2O2S. The number of hydrogen-bond acceptors (Lipinski definition) is 3. The number of hydrogen-bond donors (Lipinski definition) is 2. The van der Waals surface area contributed by atoms with E-state index in [0.29, 0.717) is 5.69 Å². The molecule has 2 aromatic rings. The van der Waals surface area contributed by atoms with Crippen molar-refractivity contribution in [3.63, 3.8) is 0 Å². The van der Waals surface area contributed by atoms with E-state index in [-0.39, 0.29) is 16.5 Å². The van der Waals surface area contributed by atoms with Crippen LogP contribution in [-0.2, 0) is 10.0 Å². The highest BCUT2D eigenvalue weighted by molar-refractivity contribution is 7.92. The minimum Gasteiger partial charge on any atom is -0.320 e.